The first-order chi connectivity index (χ1) is 13.3. The summed E-state index contributed by atoms with van der Waals surface area (Å²) in [7, 11) is 0. The molecule has 0 aliphatic carbocycles. The molecule has 1 aliphatic rings. The maximum Gasteiger partial charge on any atom is 0.259 e. The lowest BCUT2D eigenvalue weighted by atomic mass is 9.85. The van der Waals surface area contributed by atoms with E-state index in [9.17, 15) is 4.79 Å². The molecule has 28 heavy (non-hydrogen) atoms. The average Bonchev–Trinajstić information content (AvgIpc) is 3.11. The molecule has 0 saturated carbocycles. The zero-order valence-electron chi connectivity index (χ0n) is 17.5. The minimum absolute atomic E-state index is 0.138. The quantitative estimate of drug-likeness (QED) is 0.829. The summed E-state index contributed by atoms with van der Waals surface area (Å²) >= 11 is 0. The lowest BCUT2D eigenvalue weighted by Gasteiger charge is -2.26. The second-order valence-electron chi connectivity index (χ2n) is 8.29. The lowest BCUT2D eigenvalue weighted by Crippen LogP contribution is -2.31. The number of nitrogens with one attached hydrogen (secondary N) is 1. The van der Waals surface area contributed by atoms with E-state index in [0.717, 1.165) is 48.6 Å². The van der Waals surface area contributed by atoms with E-state index >= 15 is 0 Å². The SMILES string of the molecule is C/C=C(\C)NC(=O)c1c(N2CCCC(C)(C)CC2)ncc(-c2cnco2)c1C. The van der Waals surface area contributed by atoms with Gasteiger partial charge in [-0.3, -0.25) is 4.79 Å². The monoisotopic (exact) mass is 382 g/mol. The van der Waals surface area contributed by atoms with Crippen molar-refractivity contribution >= 4 is 11.7 Å². The van der Waals surface area contributed by atoms with Crippen LogP contribution in [0.4, 0.5) is 5.82 Å². The molecule has 3 rings (SSSR count). The van der Waals surface area contributed by atoms with Gasteiger partial charge in [-0.1, -0.05) is 19.9 Å². The zero-order valence-corrected chi connectivity index (χ0v) is 17.5. The van der Waals surface area contributed by atoms with E-state index in [4.69, 9.17) is 9.40 Å². The second kappa shape index (κ2) is 8.17. The summed E-state index contributed by atoms with van der Waals surface area (Å²) < 4.78 is 5.46. The minimum Gasteiger partial charge on any atom is -0.443 e. The number of hydrogen-bond donors (Lipinski definition) is 1. The largest absolute Gasteiger partial charge is 0.443 e. The van der Waals surface area contributed by atoms with Gasteiger partial charge < -0.3 is 14.6 Å². The molecule has 0 aromatic carbocycles. The fourth-order valence-electron chi connectivity index (χ4n) is 3.65. The molecule has 0 bridgehead atoms. The number of carbonyl (C=O) groups excluding carboxylic acids is 1. The molecule has 0 radical (unpaired) electrons. The molecule has 1 saturated heterocycles. The number of nitrogens with zero attached hydrogens (tertiary/aromatic N) is 3. The number of pyridine rings is 1. The van der Waals surface area contributed by atoms with E-state index < -0.39 is 0 Å². The number of anilines is 1. The number of amides is 1. The van der Waals surface area contributed by atoms with Gasteiger partial charge in [0.2, 0.25) is 0 Å². The zero-order chi connectivity index (χ0) is 20.3. The summed E-state index contributed by atoms with van der Waals surface area (Å²) in [5, 5.41) is 2.98. The Morgan fingerprint density at radius 1 is 1.29 bits per heavy atom. The fourth-order valence-corrected chi connectivity index (χ4v) is 3.65. The van der Waals surface area contributed by atoms with Crippen LogP contribution in [-0.4, -0.2) is 29.0 Å². The number of rotatable bonds is 4. The van der Waals surface area contributed by atoms with Crippen molar-refractivity contribution in [2.45, 2.75) is 53.9 Å². The van der Waals surface area contributed by atoms with Gasteiger partial charge >= 0.3 is 0 Å². The molecule has 3 heterocycles. The van der Waals surface area contributed by atoms with Crippen LogP contribution in [-0.2, 0) is 0 Å². The summed E-state index contributed by atoms with van der Waals surface area (Å²) in [6.07, 6.45) is 10.1. The lowest BCUT2D eigenvalue weighted by molar-refractivity contribution is 0.0965. The molecule has 1 N–H and O–H groups in total. The molecule has 1 aliphatic heterocycles. The molecular weight excluding hydrogens is 352 g/mol. The maximum atomic E-state index is 13.2. The minimum atomic E-state index is -0.138. The van der Waals surface area contributed by atoms with Crippen LogP contribution in [0.1, 0.15) is 62.9 Å². The Hall–Kier alpha value is -2.63. The second-order valence-corrected chi connectivity index (χ2v) is 8.29. The third-order valence-corrected chi connectivity index (χ3v) is 5.63. The topological polar surface area (TPSA) is 71.3 Å². The van der Waals surface area contributed by atoms with Gasteiger partial charge in [0, 0.05) is 30.5 Å². The smallest absolute Gasteiger partial charge is 0.259 e. The highest BCUT2D eigenvalue weighted by atomic mass is 16.3. The van der Waals surface area contributed by atoms with Crippen LogP contribution in [0.3, 0.4) is 0 Å². The number of allylic oxidation sites excluding steroid dienone is 2. The predicted molar refractivity (Wildman–Crippen MR) is 111 cm³/mol. The Bertz CT molecular complexity index is 869. The molecule has 6 nitrogen and oxygen atoms in total. The summed E-state index contributed by atoms with van der Waals surface area (Å²) in [5.41, 5.74) is 3.38. The molecule has 2 aromatic heterocycles. The first kappa shape index (κ1) is 20.1. The van der Waals surface area contributed by atoms with E-state index in [-0.39, 0.29) is 5.91 Å². The molecule has 2 aromatic rings. The van der Waals surface area contributed by atoms with Crippen LogP contribution in [0.5, 0.6) is 0 Å². The van der Waals surface area contributed by atoms with Gasteiger partial charge in [-0.2, -0.15) is 0 Å². The number of oxazole rings is 1. The summed E-state index contributed by atoms with van der Waals surface area (Å²) in [6, 6.07) is 0. The predicted octanol–water partition coefficient (Wildman–Crippen LogP) is 4.72. The number of aromatic nitrogens is 2. The van der Waals surface area contributed by atoms with Crippen molar-refractivity contribution in [3.05, 3.63) is 41.7 Å². The summed E-state index contributed by atoms with van der Waals surface area (Å²) in [6.45, 7) is 12.2. The van der Waals surface area contributed by atoms with Crippen LogP contribution < -0.4 is 10.2 Å². The van der Waals surface area contributed by atoms with E-state index in [1.165, 1.54) is 12.8 Å². The Labute approximate surface area is 167 Å². The van der Waals surface area contributed by atoms with Gasteiger partial charge in [-0.15, -0.1) is 0 Å². The first-order valence-corrected chi connectivity index (χ1v) is 9.90. The molecular formula is C22H30N4O2. The van der Waals surface area contributed by atoms with Crippen molar-refractivity contribution in [2.75, 3.05) is 18.0 Å². The van der Waals surface area contributed by atoms with Gasteiger partial charge in [-0.25, -0.2) is 9.97 Å². The van der Waals surface area contributed by atoms with Gasteiger partial charge in [0.15, 0.2) is 12.2 Å². The Kier molecular flexibility index (Phi) is 5.87. The van der Waals surface area contributed by atoms with Gasteiger partial charge in [0.1, 0.15) is 5.82 Å². The van der Waals surface area contributed by atoms with E-state index in [0.29, 0.717) is 16.7 Å². The number of hydrogen-bond acceptors (Lipinski definition) is 5. The Morgan fingerprint density at radius 3 is 2.75 bits per heavy atom. The maximum absolute atomic E-state index is 13.2. The van der Waals surface area contributed by atoms with E-state index in [2.05, 4.69) is 29.0 Å². The molecule has 6 heteroatoms. The molecule has 0 spiro atoms. The van der Waals surface area contributed by atoms with Crippen molar-refractivity contribution in [1.29, 1.82) is 0 Å². The van der Waals surface area contributed by atoms with Crippen molar-refractivity contribution in [3.63, 3.8) is 0 Å². The van der Waals surface area contributed by atoms with Crippen LogP contribution in [0.25, 0.3) is 11.3 Å². The third kappa shape index (κ3) is 4.26. The highest BCUT2D eigenvalue weighted by Crippen LogP contribution is 2.35. The average molecular weight is 383 g/mol. The summed E-state index contributed by atoms with van der Waals surface area (Å²) in [4.78, 5) is 24.1. The molecule has 0 atom stereocenters. The Balaban J connectivity index is 2.06. The van der Waals surface area contributed by atoms with Gasteiger partial charge in [-0.05, 0) is 51.0 Å². The van der Waals surface area contributed by atoms with Crippen LogP contribution in [0.2, 0.25) is 0 Å². The Morgan fingerprint density at radius 2 is 2.07 bits per heavy atom. The van der Waals surface area contributed by atoms with Crippen LogP contribution in [0, 0.1) is 12.3 Å². The van der Waals surface area contributed by atoms with Crippen LogP contribution in [0.15, 0.2) is 35.0 Å². The van der Waals surface area contributed by atoms with E-state index in [1.807, 2.05) is 26.8 Å². The molecule has 1 fully saturated rings. The number of carbonyl (C=O) groups is 1. The van der Waals surface area contributed by atoms with E-state index in [1.54, 1.807) is 12.4 Å². The highest BCUT2D eigenvalue weighted by Gasteiger charge is 2.28. The van der Waals surface area contributed by atoms with Gasteiger partial charge in [0.25, 0.3) is 5.91 Å². The van der Waals surface area contributed by atoms with Gasteiger partial charge in [0.05, 0.1) is 11.8 Å². The van der Waals surface area contributed by atoms with Crippen molar-refractivity contribution in [1.82, 2.24) is 15.3 Å². The standard InChI is InChI=1S/C22H30N4O2/c1-6-15(2)25-21(27)19-16(3)17(18-13-23-14-28-18)12-24-20(19)26-10-7-8-22(4,5)9-11-26/h6,12-14H,7-11H2,1-5H3,(H,25,27)/b15-6+. The van der Waals surface area contributed by atoms with Crippen LogP contribution >= 0.6 is 0 Å². The third-order valence-electron chi connectivity index (χ3n) is 5.63. The van der Waals surface area contributed by atoms with Crippen molar-refractivity contribution in [2.24, 2.45) is 5.41 Å². The molecule has 0 unspecified atom stereocenters. The fraction of sp³-hybridized carbons (Fsp3) is 0.500. The van der Waals surface area contributed by atoms with Crippen molar-refractivity contribution in [3.8, 4) is 11.3 Å². The van der Waals surface area contributed by atoms with Crippen molar-refractivity contribution < 1.29 is 9.21 Å². The highest BCUT2D eigenvalue weighted by molar-refractivity contribution is 6.02. The summed E-state index contributed by atoms with van der Waals surface area (Å²) in [5.74, 6) is 1.23. The molecule has 1 amide bonds. The first-order valence-electron chi connectivity index (χ1n) is 9.90. The molecule has 150 valence electrons. The normalized spacial score (nSPS) is 17.3.